The van der Waals surface area contributed by atoms with E-state index in [1.807, 2.05) is 18.2 Å². The largest absolute Gasteiger partial charge is 0.296 e. The maximum Gasteiger partial charge on any atom is 0.0867 e. The first-order chi connectivity index (χ1) is 14.4. The van der Waals surface area contributed by atoms with Crippen LogP contribution in [0.1, 0.15) is 64.5 Å². The molecule has 0 bridgehead atoms. The average Bonchev–Trinajstić information content (AvgIpc) is 2.73. The standard InChI is InChI=1S/C26H34Br2N2/c1-5-17-30(18-21-11-8-7-9-12-21)22(6-2)15-16-26(19-29,20(3)4)25-23(27)13-10-14-24(25)28/h7-14,20,22H,5-6,15-18H2,1-4H3. The summed E-state index contributed by atoms with van der Waals surface area (Å²) in [7, 11) is 0. The maximum atomic E-state index is 10.4. The number of nitrogens with zero attached hydrogens (tertiary/aromatic N) is 2. The average molecular weight is 534 g/mol. The number of rotatable bonds is 11. The molecule has 4 heteroatoms. The number of nitriles is 1. The van der Waals surface area contributed by atoms with E-state index in [-0.39, 0.29) is 5.92 Å². The molecular formula is C26H34Br2N2. The lowest BCUT2D eigenvalue weighted by Gasteiger charge is -2.37. The summed E-state index contributed by atoms with van der Waals surface area (Å²) in [5.41, 5.74) is 1.91. The van der Waals surface area contributed by atoms with Crippen LogP contribution in [0.3, 0.4) is 0 Å². The molecule has 2 unspecified atom stereocenters. The number of hydrogen-bond donors (Lipinski definition) is 0. The third-order valence-corrected chi connectivity index (χ3v) is 7.51. The fraction of sp³-hybridized carbons (Fsp3) is 0.500. The molecular weight excluding hydrogens is 500 g/mol. The van der Waals surface area contributed by atoms with Crippen molar-refractivity contribution in [3.05, 3.63) is 68.6 Å². The molecule has 0 amide bonds. The molecule has 0 aromatic heterocycles. The van der Waals surface area contributed by atoms with Crippen LogP contribution in [0.25, 0.3) is 0 Å². The fourth-order valence-electron chi connectivity index (χ4n) is 4.40. The van der Waals surface area contributed by atoms with Crippen LogP contribution in [-0.4, -0.2) is 17.5 Å². The normalized spacial score (nSPS) is 14.5. The van der Waals surface area contributed by atoms with Crippen molar-refractivity contribution in [1.82, 2.24) is 4.90 Å². The summed E-state index contributed by atoms with van der Waals surface area (Å²) in [6.45, 7) is 10.9. The van der Waals surface area contributed by atoms with Crippen LogP contribution in [0, 0.1) is 17.2 Å². The number of benzene rings is 2. The summed E-state index contributed by atoms with van der Waals surface area (Å²) in [4.78, 5) is 2.60. The summed E-state index contributed by atoms with van der Waals surface area (Å²) < 4.78 is 2.02. The Kier molecular flexibility index (Phi) is 10.1. The van der Waals surface area contributed by atoms with Crippen LogP contribution in [0.15, 0.2) is 57.5 Å². The van der Waals surface area contributed by atoms with Crippen molar-refractivity contribution in [2.75, 3.05) is 6.54 Å². The third kappa shape index (κ3) is 5.96. The molecule has 0 saturated carbocycles. The van der Waals surface area contributed by atoms with Gasteiger partial charge in [-0.2, -0.15) is 5.26 Å². The summed E-state index contributed by atoms with van der Waals surface area (Å²) in [6.07, 6.45) is 4.06. The van der Waals surface area contributed by atoms with Gasteiger partial charge in [0.1, 0.15) is 0 Å². The van der Waals surface area contributed by atoms with Gasteiger partial charge in [0.05, 0.1) is 11.5 Å². The van der Waals surface area contributed by atoms with E-state index >= 15 is 0 Å². The van der Waals surface area contributed by atoms with Gasteiger partial charge in [0, 0.05) is 27.1 Å². The molecule has 0 fully saturated rings. The third-order valence-electron chi connectivity index (χ3n) is 6.19. The van der Waals surface area contributed by atoms with Gasteiger partial charge in [-0.1, -0.05) is 96.0 Å². The Bertz CT molecular complexity index is 808. The SMILES string of the molecule is CCCN(Cc1ccccc1)C(CC)CCC(C#N)(c1c(Br)cccc1Br)C(C)C. The van der Waals surface area contributed by atoms with Crippen molar-refractivity contribution in [2.45, 2.75) is 71.4 Å². The molecule has 0 aliphatic carbocycles. The van der Waals surface area contributed by atoms with Gasteiger partial charge in [0.15, 0.2) is 0 Å². The first kappa shape index (κ1) is 25.1. The monoisotopic (exact) mass is 532 g/mol. The lowest BCUT2D eigenvalue weighted by Crippen LogP contribution is -2.38. The van der Waals surface area contributed by atoms with E-state index in [1.165, 1.54) is 5.56 Å². The van der Waals surface area contributed by atoms with Crippen LogP contribution in [-0.2, 0) is 12.0 Å². The molecule has 2 nitrogen and oxygen atoms in total. The maximum absolute atomic E-state index is 10.4. The lowest BCUT2D eigenvalue weighted by molar-refractivity contribution is 0.160. The quantitative estimate of drug-likeness (QED) is 0.291. The second kappa shape index (κ2) is 12.0. The zero-order valence-corrected chi connectivity index (χ0v) is 21.8. The smallest absolute Gasteiger partial charge is 0.0867 e. The molecule has 0 aliphatic rings. The molecule has 2 rings (SSSR count). The van der Waals surface area contributed by atoms with Gasteiger partial charge in [-0.3, -0.25) is 4.90 Å². The highest BCUT2D eigenvalue weighted by molar-refractivity contribution is 9.11. The molecule has 2 aromatic rings. The molecule has 0 radical (unpaired) electrons. The van der Waals surface area contributed by atoms with Crippen molar-refractivity contribution < 1.29 is 0 Å². The minimum absolute atomic E-state index is 0.212. The van der Waals surface area contributed by atoms with Crippen LogP contribution >= 0.6 is 31.9 Å². The Balaban J connectivity index is 2.30. The van der Waals surface area contributed by atoms with E-state index in [2.05, 4.69) is 101 Å². The summed E-state index contributed by atoms with van der Waals surface area (Å²) in [6, 6.07) is 20.0. The predicted octanol–water partition coefficient (Wildman–Crippen LogP) is 8.10. The molecule has 0 aliphatic heterocycles. The highest BCUT2D eigenvalue weighted by Crippen LogP contribution is 2.44. The molecule has 2 atom stereocenters. The summed E-state index contributed by atoms with van der Waals surface area (Å²) >= 11 is 7.45. The second-order valence-corrected chi connectivity index (χ2v) is 10.1. The molecule has 0 N–H and O–H groups in total. The molecule has 2 aromatic carbocycles. The molecule has 0 spiro atoms. The summed E-state index contributed by atoms with van der Waals surface area (Å²) in [5.74, 6) is 0.212. The highest BCUT2D eigenvalue weighted by Gasteiger charge is 2.39. The van der Waals surface area contributed by atoms with Crippen LogP contribution < -0.4 is 0 Å². The topological polar surface area (TPSA) is 27.0 Å². The van der Waals surface area contributed by atoms with Crippen LogP contribution in [0.2, 0.25) is 0 Å². The molecule has 162 valence electrons. The molecule has 0 heterocycles. The van der Waals surface area contributed by atoms with E-state index in [4.69, 9.17) is 0 Å². The van der Waals surface area contributed by atoms with Gasteiger partial charge < -0.3 is 0 Å². The molecule has 30 heavy (non-hydrogen) atoms. The highest BCUT2D eigenvalue weighted by atomic mass is 79.9. The second-order valence-electron chi connectivity index (χ2n) is 8.39. The van der Waals surface area contributed by atoms with E-state index < -0.39 is 5.41 Å². The van der Waals surface area contributed by atoms with E-state index in [1.54, 1.807) is 0 Å². The van der Waals surface area contributed by atoms with Crippen molar-refractivity contribution in [3.8, 4) is 6.07 Å². The first-order valence-electron chi connectivity index (χ1n) is 11.0. The van der Waals surface area contributed by atoms with Crippen molar-refractivity contribution >= 4 is 31.9 Å². The predicted molar refractivity (Wildman–Crippen MR) is 134 cm³/mol. The van der Waals surface area contributed by atoms with Gasteiger partial charge in [-0.05, 0) is 55.8 Å². The Hall–Kier alpha value is -1.15. The minimum atomic E-state index is -0.531. The minimum Gasteiger partial charge on any atom is -0.296 e. The van der Waals surface area contributed by atoms with Gasteiger partial charge in [-0.25, -0.2) is 0 Å². The van der Waals surface area contributed by atoms with Gasteiger partial charge in [-0.15, -0.1) is 0 Å². The first-order valence-corrected chi connectivity index (χ1v) is 12.6. The Morgan fingerprint density at radius 3 is 2.13 bits per heavy atom. The zero-order valence-electron chi connectivity index (χ0n) is 18.7. The fourth-order valence-corrected chi connectivity index (χ4v) is 6.11. The van der Waals surface area contributed by atoms with Crippen molar-refractivity contribution in [2.24, 2.45) is 5.92 Å². The van der Waals surface area contributed by atoms with Gasteiger partial charge >= 0.3 is 0 Å². The number of halogens is 2. The molecule has 0 saturated heterocycles. The Morgan fingerprint density at radius 2 is 1.63 bits per heavy atom. The Morgan fingerprint density at radius 1 is 1.00 bits per heavy atom. The lowest BCUT2D eigenvalue weighted by atomic mass is 9.69. The van der Waals surface area contributed by atoms with Crippen LogP contribution in [0.5, 0.6) is 0 Å². The number of hydrogen-bond acceptors (Lipinski definition) is 2. The Labute approximate surface area is 199 Å². The van der Waals surface area contributed by atoms with Gasteiger partial charge in [0.25, 0.3) is 0 Å². The zero-order chi connectivity index (χ0) is 22.1. The van der Waals surface area contributed by atoms with Crippen LogP contribution in [0.4, 0.5) is 0 Å². The van der Waals surface area contributed by atoms with Crippen molar-refractivity contribution in [3.63, 3.8) is 0 Å². The van der Waals surface area contributed by atoms with E-state index in [9.17, 15) is 5.26 Å². The van der Waals surface area contributed by atoms with E-state index in [0.717, 1.165) is 53.3 Å². The van der Waals surface area contributed by atoms with Crippen molar-refractivity contribution in [1.29, 1.82) is 5.26 Å². The summed E-state index contributed by atoms with van der Waals surface area (Å²) in [5, 5.41) is 10.4. The van der Waals surface area contributed by atoms with E-state index in [0.29, 0.717) is 6.04 Å². The van der Waals surface area contributed by atoms with Gasteiger partial charge in [0.2, 0.25) is 0 Å².